The quantitative estimate of drug-likeness (QED) is 0.794. The number of carboxylic acids is 1. The van der Waals surface area contributed by atoms with Gasteiger partial charge in [0.1, 0.15) is 15.7 Å². The molecule has 0 amide bonds. The molecule has 104 valence electrons. The summed E-state index contributed by atoms with van der Waals surface area (Å²) in [6.45, 7) is 1.86. The average Bonchev–Trinajstić information content (AvgIpc) is 2.39. The molecule has 1 aromatic carbocycles. The molecule has 2 aromatic rings. The van der Waals surface area contributed by atoms with Gasteiger partial charge in [0.2, 0.25) is 0 Å². The molecule has 0 aliphatic carbocycles. The molecular formula is C13H9Cl3N2O2. The van der Waals surface area contributed by atoms with Crippen LogP contribution in [0.5, 0.6) is 0 Å². The summed E-state index contributed by atoms with van der Waals surface area (Å²) in [6, 6.07) is 5.22. The number of hydrogen-bond acceptors (Lipinski definition) is 3. The fourth-order valence-electron chi connectivity index (χ4n) is 1.61. The molecule has 0 saturated carbocycles. The molecule has 7 heteroatoms. The Morgan fingerprint density at radius 3 is 2.65 bits per heavy atom. The van der Waals surface area contributed by atoms with E-state index in [4.69, 9.17) is 34.8 Å². The fourth-order valence-corrected chi connectivity index (χ4v) is 2.12. The van der Waals surface area contributed by atoms with Crippen LogP contribution in [-0.4, -0.2) is 16.1 Å². The van der Waals surface area contributed by atoms with E-state index in [2.05, 4.69) is 10.3 Å². The largest absolute Gasteiger partial charge is 0.478 e. The Hall–Kier alpha value is -1.49. The number of rotatable bonds is 3. The van der Waals surface area contributed by atoms with Crippen LogP contribution in [0.15, 0.2) is 24.4 Å². The summed E-state index contributed by atoms with van der Waals surface area (Å²) in [6.07, 6.45) is 1.15. The van der Waals surface area contributed by atoms with Gasteiger partial charge >= 0.3 is 5.97 Å². The first-order valence-corrected chi connectivity index (χ1v) is 6.64. The Bertz CT molecular complexity index is 690. The highest BCUT2D eigenvalue weighted by Crippen LogP contribution is 2.35. The number of aryl methyl sites for hydroxylation is 1. The topological polar surface area (TPSA) is 62.2 Å². The molecule has 0 spiro atoms. The standard InChI is InChI=1S/C13H9Cl3N2O2/c1-6-2-3-7(14)4-9(6)18-11-8(13(19)20)5-17-12(16)10(11)15/h2-5H,1H3,(H,17,18)(H,19,20). The summed E-state index contributed by atoms with van der Waals surface area (Å²) in [5.41, 5.74) is 1.64. The molecular weight excluding hydrogens is 323 g/mol. The maximum absolute atomic E-state index is 11.2. The van der Waals surface area contributed by atoms with Crippen LogP contribution in [0.2, 0.25) is 15.2 Å². The smallest absolute Gasteiger partial charge is 0.339 e. The predicted octanol–water partition coefficient (Wildman–Crippen LogP) is 4.79. The zero-order valence-electron chi connectivity index (χ0n) is 10.2. The second-order valence-corrected chi connectivity index (χ2v) is 5.21. The number of aromatic nitrogens is 1. The van der Waals surface area contributed by atoms with Crippen LogP contribution in [0, 0.1) is 6.92 Å². The summed E-state index contributed by atoms with van der Waals surface area (Å²) in [5.74, 6) is -1.15. The van der Waals surface area contributed by atoms with Gasteiger partial charge in [-0.2, -0.15) is 0 Å². The zero-order chi connectivity index (χ0) is 14.9. The van der Waals surface area contributed by atoms with E-state index in [1.807, 2.05) is 13.0 Å². The lowest BCUT2D eigenvalue weighted by Crippen LogP contribution is -2.05. The van der Waals surface area contributed by atoms with Crippen molar-refractivity contribution < 1.29 is 9.90 Å². The number of aromatic carboxylic acids is 1. The third-order valence-electron chi connectivity index (χ3n) is 2.67. The molecule has 1 heterocycles. The van der Waals surface area contributed by atoms with E-state index in [-0.39, 0.29) is 21.4 Å². The van der Waals surface area contributed by atoms with Crippen molar-refractivity contribution in [2.75, 3.05) is 5.32 Å². The minimum Gasteiger partial charge on any atom is -0.478 e. The van der Waals surface area contributed by atoms with Gasteiger partial charge in [0.05, 0.1) is 5.69 Å². The number of carbonyl (C=O) groups is 1. The number of anilines is 2. The molecule has 0 aliphatic heterocycles. The van der Waals surface area contributed by atoms with Crippen molar-refractivity contribution in [1.82, 2.24) is 4.98 Å². The van der Waals surface area contributed by atoms with Crippen molar-refractivity contribution in [1.29, 1.82) is 0 Å². The lowest BCUT2D eigenvalue weighted by atomic mass is 10.1. The Morgan fingerprint density at radius 1 is 1.30 bits per heavy atom. The molecule has 2 rings (SSSR count). The Kier molecular flexibility index (Phi) is 4.38. The summed E-state index contributed by atoms with van der Waals surface area (Å²) in [4.78, 5) is 14.9. The van der Waals surface area contributed by atoms with Gasteiger partial charge < -0.3 is 10.4 Å². The van der Waals surface area contributed by atoms with Crippen LogP contribution < -0.4 is 5.32 Å². The summed E-state index contributed by atoms with van der Waals surface area (Å²) in [5, 5.41) is 12.7. The third kappa shape index (κ3) is 2.98. The van der Waals surface area contributed by atoms with Crippen LogP contribution >= 0.6 is 34.8 Å². The molecule has 2 N–H and O–H groups in total. The fraction of sp³-hybridized carbons (Fsp3) is 0.0769. The molecule has 4 nitrogen and oxygen atoms in total. The Balaban J connectivity index is 2.55. The number of carboxylic acid groups (broad SMARTS) is 1. The van der Waals surface area contributed by atoms with Crippen molar-refractivity contribution in [3.8, 4) is 0 Å². The number of halogens is 3. The monoisotopic (exact) mass is 330 g/mol. The number of nitrogens with one attached hydrogen (secondary N) is 1. The van der Waals surface area contributed by atoms with Gasteiger partial charge in [0.25, 0.3) is 0 Å². The maximum atomic E-state index is 11.2. The normalized spacial score (nSPS) is 10.4. The molecule has 0 bridgehead atoms. The van der Waals surface area contributed by atoms with Gasteiger partial charge in [-0.3, -0.25) is 0 Å². The molecule has 0 aliphatic rings. The van der Waals surface area contributed by atoms with Crippen molar-refractivity contribution in [3.63, 3.8) is 0 Å². The maximum Gasteiger partial charge on any atom is 0.339 e. The average molecular weight is 332 g/mol. The van der Waals surface area contributed by atoms with Crippen molar-refractivity contribution in [2.24, 2.45) is 0 Å². The highest BCUT2D eigenvalue weighted by Gasteiger charge is 2.18. The number of pyridine rings is 1. The number of nitrogens with zero attached hydrogens (tertiary/aromatic N) is 1. The van der Waals surface area contributed by atoms with Crippen LogP contribution in [0.25, 0.3) is 0 Å². The molecule has 20 heavy (non-hydrogen) atoms. The summed E-state index contributed by atoms with van der Waals surface area (Å²) < 4.78 is 0. The summed E-state index contributed by atoms with van der Waals surface area (Å²) in [7, 11) is 0. The van der Waals surface area contributed by atoms with Gasteiger partial charge in [0.15, 0.2) is 0 Å². The van der Waals surface area contributed by atoms with E-state index < -0.39 is 5.97 Å². The van der Waals surface area contributed by atoms with Crippen molar-refractivity contribution in [2.45, 2.75) is 6.92 Å². The van der Waals surface area contributed by atoms with Crippen LogP contribution in [-0.2, 0) is 0 Å². The second kappa shape index (κ2) is 5.87. The van der Waals surface area contributed by atoms with Gasteiger partial charge in [-0.25, -0.2) is 9.78 Å². The zero-order valence-corrected chi connectivity index (χ0v) is 12.5. The Morgan fingerprint density at radius 2 is 2.00 bits per heavy atom. The van der Waals surface area contributed by atoms with Gasteiger partial charge in [0, 0.05) is 16.9 Å². The van der Waals surface area contributed by atoms with Gasteiger partial charge in [-0.15, -0.1) is 0 Å². The second-order valence-electron chi connectivity index (χ2n) is 4.04. The molecule has 0 unspecified atom stereocenters. The van der Waals surface area contributed by atoms with Crippen LogP contribution in [0.1, 0.15) is 15.9 Å². The van der Waals surface area contributed by atoms with Gasteiger partial charge in [-0.05, 0) is 24.6 Å². The van der Waals surface area contributed by atoms with Gasteiger partial charge in [-0.1, -0.05) is 40.9 Å². The highest BCUT2D eigenvalue weighted by molar-refractivity contribution is 6.43. The number of hydrogen-bond donors (Lipinski definition) is 2. The van der Waals surface area contributed by atoms with E-state index in [9.17, 15) is 9.90 Å². The first-order valence-electron chi connectivity index (χ1n) is 5.50. The first-order chi connectivity index (χ1) is 9.40. The van der Waals surface area contributed by atoms with E-state index in [0.717, 1.165) is 11.8 Å². The first kappa shape index (κ1) is 14.9. The minimum atomic E-state index is -1.15. The Labute approximate surface area is 130 Å². The van der Waals surface area contributed by atoms with Crippen molar-refractivity contribution in [3.05, 3.63) is 50.7 Å². The van der Waals surface area contributed by atoms with E-state index in [0.29, 0.717) is 10.7 Å². The predicted molar refractivity (Wildman–Crippen MR) is 80.7 cm³/mol. The SMILES string of the molecule is Cc1ccc(Cl)cc1Nc1c(C(=O)O)cnc(Cl)c1Cl. The summed E-state index contributed by atoms with van der Waals surface area (Å²) >= 11 is 17.8. The van der Waals surface area contributed by atoms with Crippen LogP contribution in [0.3, 0.4) is 0 Å². The molecule has 1 aromatic heterocycles. The molecule has 0 fully saturated rings. The molecule has 0 atom stereocenters. The van der Waals surface area contributed by atoms with Crippen LogP contribution in [0.4, 0.5) is 11.4 Å². The highest BCUT2D eigenvalue weighted by atomic mass is 35.5. The molecule has 0 radical (unpaired) electrons. The lowest BCUT2D eigenvalue weighted by Gasteiger charge is -2.14. The number of benzene rings is 1. The van der Waals surface area contributed by atoms with E-state index in [1.54, 1.807) is 12.1 Å². The minimum absolute atomic E-state index is 0.0267. The third-order valence-corrected chi connectivity index (χ3v) is 3.65. The van der Waals surface area contributed by atoms with E-state index in [1.165, 1.54) is 0 Å². The molecule has 0 saturated heterocycles. The van der Waals surface area contributed by atoms with E-state index >= 15 is 0 Å². The lowest BCUT2D eigenvalue weighted by molar-refractivity contribution is 0.0697. The van der Waals surface area contributed by atoms with Crippen molar-refractivity contribution >= 4 is 52.1 Å².